The summed E-state index contributed by atoms with van der Waals surface area (Å²) >= 11 is 0. The average molecular weight is 295 g/mol. The van der Waals surface area contributed by atoms with Gasteiger partial charge in [-0.3, -0.25) is 10.2 Å². The minimum Gasteiger partial charge on any atom is -0.385 e. The Balaban J connectivity index is 1.75. The molecule has 1 amide bonds. The molecule has 0 saturated heterocycles. The number of nitrogens with one attached hydrogen (secondary N) is 1. The highest BCUT2D eigenvalue weighted by Crippen LogP contribution is 2.24. The Morgan fingerprint density at radius 1 is 1.18 bits per heavy atom. The van der Waals surface area contributed by atoms with Crippen LogP contribution >= 0.6 is 0 Å². The number of aliphatic hydroxyl groups is 1. The van der Waals surface area contributed by atoms with Gasteiger partial charge in [-0.25, -0.2) is 9.66 Å². The monoisotopic (exact) mass is 295 g/mol. The van der Waals surface area contributed by atoms with Crippen LogP contribution in [0.15, 0.2) is 60.9 Å². The van der Waals surface area contributed by atoms with Gasteiger partial charge in [0.1, 0.15) is 6.33 Å². The van der Waals surface area contributed by atoms with Crippen LogP contribution in [0, 0.1) is 0 Å². The van der Waals surface area contributed by atoms with Crippen LogP contribution in [0.25, 0.3) is 11.0 Å². The first-order valence-corrected chi connectivity index (χ1v) is 7.06. The average Bonchev–Trinajstić information content (AvgIpc) is 2.91. The number of nitrogens with zero attached hydrogens (tertiary/aromatic N) is 2. The quantitative estimate of drug-likeness (QED) is 0.776. The second-order valence-electron chi connectivity index (χ2n) is 5.45. The molecule has 0 spiro atoms. The predicted molar refractivity (Wildman–Crippen MR) is 84.7 cm³/mol. The van der Waals surface area contributed by atoms with Crippen LogP contribution in [0.4, 0.5) is 0 Å². The number of hydrogen-bond acceptors (Lipinski definition) is 3. The van der Waals surface area contributed by atoms with Crippen molar-refractivity contribution in [2.45, 2.75) is 18.9 Å². The van der Waals surface area contributed by atoms with E-state index in [9.17, 15) is 9.90 Å². The van der Waals surface area contributed by atoms with Crippen LogP contribution < -0.4 is 5.43 Å². The predicted octanol–water partition coefficient (Wildman–Crippen LogP) is 2.40. The number of fused-ring (bicyclic) bond motifs is 1. The zero-order valence-corrected chi connectivity index (χ0v) is 12.2. The lowest BCUT2D eigenvalue weighted by Crippen LogP contribution is -2.31. The van der Waals surface area contributed by atoms with Crippen LogP contribution in [0.5, 0.6) is 0 Å². The maximum Gasteiger partial charge on any atom is 0.242 e. The Morgan fingerprint density at radius 2 is 1.86 bits per heavy atom. The van der Waals surface area contributed by atoms with Crippen LogP contribution in [-0.2, 0) is 10.4 Å². The molecule has 1 unspecified atom stereocenters. The number of carbonyl (C=O) groups is 1. The summed E-state index contributed by atoms with van der Waals surface area (Å²) in [6.45, 7) is 1.63. The Kier molecular flexibility index (Phi) is 3.65. The summed E-state index contributed by atoms with van der Waals surface area (Å²) in [4.78, 5) is 16.4. The van der Waals surface area contributed by atoms with Crippen molar-refractivity contribution in [3.8, 4) is 0 Å². The first-order valence-electron chi connectivity index (χ1n) is 7.06. The Bertz CT molecular complexity index is 794. The molecule has 1 atom stereocenters. The molecular weight excluding hydrogens is 278 g/mol. The van der Waals surface area contributed by atoms with E-state index in [1.807, 2.05) is 42.5 Å². The van der Waals surface area contributed by atoms with E-state index in [1.54, 1.807) is 30.1 Å². The first-order chi connectivity index (χ1) is 10.6. The standard InChI is InChI=1S/C17H17N3O2/c1-17(22,13-7-3-2-4-8-13)11-16(21)19-20-12-18-14-9-5-6-10-15(14)20/h2-10,12,22H,11H2,1H3,(H,19,21). The molecule has 0 bridgehead atoms. The van der Waals surface area contributed by atoms with Crippen molar-refractivity contribution in [3.63, 3.8) is 0 Å². The van der Waals surface area contributed by atoms with Gasteiger partial charge in [0, 0.05) is 0 Å². The lowest BCUT2D eigenvalue weighted by molar-refractivity contribution is -0.121. The summed E-state index contributed by atoms with van der Waals surface area (Å²) in [7, 11) is 0. The minimum atomic E-state index is -1.22. The zero-order valence-electron chi connectivity index (χ0n) is 12.2. The van der Waals surface area contributed by atoms with Gasteiger partial charge in [-0.1, -0.05) is 42.5 Å². The highest BCUT2D eigenvalue weighted by molar-refractivity contribution is 5.87. The van der Waals surface area contributed by atoms with Gasteiger partial charge in [-0.2, -0.15) is 0 Å². The fourth-order valence-corrected chi connectivity index (χ4v) is 2.43. The number of imidazole rings is 1. The van der Waals surface area contributed by atoms with Crippen molar-refractivity contribution in [1.82, 2.24) is 9.66 Å². The molecule has 0 aliphatic carbocycles. The van der Waals surface area contributed by atoms with Crippen molar-refractivity contribution in [2.24, 2.45) is 0 Å². The molecule has 0 aliphatic heterocycles. The molecule has 0 fully saturated rings. The smallest absolute Gasteiger partial charge is 0.242 e. The lowest BCUT2D eigenvalue weighted by Gasteiger charge is -2.23. The molecule has 0 aliphatic rings. The van der Waals surface area contributed by atoms with E-state index >= 15 is 0 Å². The van der Waals surface area contributed by atoms with Gasteiger partial charge in [-0.15, -0.1) is 0 Å². The van der Waals surface area contributed by atoms with E-state index in [0.717, 1.165) is 11.0 Å². The number of benzene rings is 2. The van der Waals surface area contributed by atoms with Crippen LogP contribution in [-0.4, -0.2) is 20.7 Å². The summed E-state index contributed by atoms with van der Waals surface area (Å²) in [5.41, 5.74) is 3.85. The molecule has 2 N–H and O–H groups in total. The number of aromatic nitrogens is 2. The maximum atomic E-state index is 12.2. The van der Waals surface area contributed by atoms with E-state index in [-0.39, 0.29) is 12.3 Å². The molecule has 1 heterocycles. The highest BCUT2D eigenvalue weighted by atomic mass is 16.3. The Morgan fingerprint density at radius 3 is 2.64 bits per heavy atom. The van der Waals surface area contributed by atoms with Crippen molar-refractivity contribution in [2.75, 3.05) is 5.43 Å². The van der Waals surface area contributed by atoms with Gasteiger partial charge in [0.05, 0.1) is 23.1 Å². The Hall–Kier alpha value is -2.66. The molecule has 3 aromatic rings. The van der Waals surface area contributed by atoms with E-state index in [1.165, 1.54) is 0 Å². The van der Waals surface area contributed by atoms with Crippen molar-refractivity contribution in [1.29, 1.82) is 0 Å². The van der Waals surface area contributed by atoms with Gasteiger partial charge in [0.15, 0.2) is 0 Å². The topological polar surface area (TPSA) is 67.2 Å². The van der Waals surface area contributed by atoms with Crippen molar-refractivity contribution in [3.05, 3.63) is 66.5 Å². The molecule has 5 heteroatoms. The number of hydrogen-bond donors (Lipinski definition) is 2. The fraction of sp³-hybridized carbons (Fsp3) is 0.176. The van der Waals surface area contributed by atoms with E-state index in [2.05, 4.69) is 10.4 Å². The SMILES string of the molecule is CC(O)(CC(=O)Nn1cnc2ccccc21)c1ccccc1. The molecule has 22 heavy (non-hydrogen) atoms. The number of carbonyl (C=O) groups excluding carboxylic acids is 1. The van der Waals surface area contributed by atoms with Crippen LogP contribution in [0.1, 0.15) is 18.9 Å². The Labute approximate surface area is 128 Å². The van der Waals surface area contributed by atoms with E-state index < -0.39 is 5.60 Å². The van der Waals surface area contributed by atoms with Gasteiger partial charge >= 0.3 is 0 Å². The highest BCUT2D eigenvalue weighted by Gasteiger charge is 2.26. The number of para-hydroxylation sites is 2. The van der Waals surface area contributed by atoms with E-state index in [4.69, 9.17) is 0 Å². The van der Waals surface area contributed by atoms with Gasteiger partial charge in [-0.05, 0) is 24.6 Å². The summed E-state index contributed by atoms with van der Waals surface area (Å²) in [6, 6.07) is 16.7. The minimum absolute atomic E-state index is 0.0382. The lowest BCUT2D eigenvalue weighted by atomic mass is 9.92. The third kappa shape index (κ3) is 2.84. The summed E-state index contributed by atoms with van der Waals surface area (Å²) < 4.78 is 1.57. The van der Waals surface area contributed by atoms with Gasteiger partial charge in [0.2, 0.25) is 5.91 Å². The van der Waals surface area contributed by atoms with Crippen LogP contribution in [0.2, 0.25) is 0 Å². The molecule has 0 saturated carbocycles. The fourth-order valence-electron chi connectivity index (χ4n) is 2.43. The molecule has 5 nitrogen and oxygen atoms in total. The zero-order chi connectivity index (χ0) is 15.6. The third-order valence-corrected chi connectivity index (χ3v) is 3.60. The third-order valence-electron chi connectivity index (χ3n) is 3.60. The van der Waals surface area contributed by atoms with E-state index in [0.29, 0.717) is 5.56 Å². The molecular formula is C17H17N3O2. The summed E-state index contributed by atoms with van der Waals surface area (Å²) in [6.07, 6.45) is 1.52. The molecule has 3 rings (SSSR count). The molecule has 2 aromatic carbocycles. The van der Waals surface area contributed by atoms with Gasteiger partial charge in [0.25, 0.3) is 0 Å². The molecule has 112 valence electrons. The molecule has 1 aromatic heterocycles. The summed E-state index contributed by atoms with van der Waals surface area (Å²) in [5.74, 6) is -0.281. The normalized spacial score (nSPS) is 13.7. The van der Waals surface area contributed by atoms with Crippen molar-refractivity contribution >= 4 is 16.9 Å². The maximum absolute atomic E-state index is 12.2. The number of amides is 1. The largest absolute Gasteiger partial charge is 0.385 e. The number of rotatable bonds is 4. The first kappa shape index (κ1) is 14.3. The van der Waals surface area contributed by atoms with Crippen LogP contribution in [0.3, 0.4) is 0 Å². The second-order valence-corrected chi connectivity index (χ2v) is 5.45. The van der Waals surface area contributed by atoms with Crippen molar-refractivity contribution < 1.29 is 9.90 Å². The summed E-state index contributed by atoms with van der Waals surface area (Å²) in [5, 5.41) is 10.5. The van der Waals surface area contributed by atoms with Gasteiger partial charge < -0.3 is 5.11 Å². The second kappa shape index (κ2) is 5.61. The molecule has 0 radical (unpaired) electrons.